The van der Waals surface area contributed by atoms with E-state index in [4.69, 9.17) is 26.3 Å². The number of azide groups is 2. The van der Waals surface area contributed by atoms with Crippen LogP contribution in [0.2, 0.25) is 0 Å². The monoisotopic (exact) mass is 503 g/mol. The molecule has 12 unspecified atom stereocenters. The van der Waals surface area contributed by atoms with E-state index in [0.717, 1.165) is 36.5 Å². The lowest BCUT2D eigenvalue weighted by Crippen LogP contribution is -2.48. The van der Waals surface area contributed by atoms with Gasteiger partial charge < -0.3 is 20.3 Å². The van der Waals surface area contributed by atoms with E-state index in [-0.39, 0.29) is 17.2 Å². The highest BCUT2D eigenvalue weighted by molar-refractivity contribution is 5.19. The van der Waals surface area contributed by atoms with Gasteiger partial charge >= 0.3 is 0 Å². The fourth-order valence-corrected chi connectivity index (χ4v) is 8.96. The summed E-state index contributed by atoms with van der Waals surface area (Å²) in [6.45, 7) is 12.7. The molecule has 0 aromatic heterocycles. The maximum Gasteiger partial charge on any atom is 0.0754 e. The van der Waals surface area contributed by atoms with Gasteiger partial charge in [-0.1, -0.05) is 44.8 Å². The number of nitrogens with zero attached hydrogens (tertiary/aromatic N) is 6. The highest BCUT2D eigenvalue weighted by Crippen LogP contribution is 2.64. The second-order valence-electron chi connectivity index (χ2n) is 13.0. The molecular weight excluding hydrogens is 458 g/mol. The number of rotatable bonds is 4. The van der Waals surface area contributed by atoms with E-state index >= 15 is 0 Å². The number of ether oxygens (including phenoxy) is 2. The van der Waals surface area contributed by atoms with Gasteiger partial charge in [0.05, 0.1) is 29.4 Å². The summed E-state index contributed by atoms with van der Waals surface area (Å²) >= 11 is 0. The molecule has 6 aliphatic rings. The Morgan fingerprint density at radius 1 is 0.750 bits per heavy atom. The quantitative estimate of drug-likeness (QED) is 0.311. The number of aliphatic hydroxyl groups is 1. The van der Waals surface area contributed by atoms with Crippen LogP contribution in [-0.2, 0) is 9.47 Å². The molecule has 10 heteroatoms. The highest BCUT2D eigenvalue weighted by atomic mass is 16.5. The van der Waals surface area contributed by atoms with Crippen LogP contribution in [0.3, 0.4) is 0 Å². The first kappa shape index (κ1) is 27.5. The summed E-state index contributed by atoms with van der Waals surface area (Å²) in [5.74, 6) is 6.05. The molecule has 0 saturated heterocycles. The molecule has 0 radical (unpaired) electrons. The predicted molar refractivity (Wildman–Crippen MR) is 138 cm³/mol. The van der Waals surface area contributed by atoms with Crippen LogP contribution in [0.15, 0.2) is 10.2 Å². The minimum atomic E-state index is -0.529. The third-order valence-electron chi connectivity index (χ3n) is 11.3. The fourth-order valence-electron chi connectivity index (χ4n) is 8.96. The third kappa shape index (κ3) is 4.11. The fraction of sp³-hybridized carbons (Fsp3) is 1.00. The van der Waals surface area contributed by atoms with Gasteiger partial charge in [0.15, 0.2) is 0 Å². The maximum absolute atomic E-state index is 9.63. The second kappa shape index (κ2) is 9.33. The average molecular weight is 504 g/mol. The molecule has 0 bridgehead atoms. The molecule has 36 heavy (non-hydrogen) atoms. The first-order valence-electron chi connectivity index (χ1n) is 13.5. The Morgan fingerprint density at radius 3 is 1.61 bits per heavy atom. The number of aliphatic hydroxyl groups excluding tert-OH is 1. The molecular formula is C26H45N7O3. The van der Waals surface area contributed by atoms with Gasteiger partial charge in [0.1, 0.15) is 0 Å². The Balaban J connectivity index is 0.000000127. The molecule has 0 aromatic carbocycles. The van der Waals surface area contributed by atoms with E-state index in [1.165, 1.54) is 6.42 Å². The van der Waals surface area contributed by atoms with Crippen LogP contribution in [0.5, 0.6) is 0 Å². The van der Waals surface area contributed by atoms with E-state index in [9.17, 15) is 5.11 Å². The molecule has 6 rings (SSSR count). The maximum atomic E-state index is 9.63. The summed E-state index contributed by atoms with van der Waals surface area (Å²) in [5.41, 5.74) is 22.2. The lowest BCUT2D eigenvalue weighted by atomic mass is 9.91. The molecule has 6 saturated carbocycles. The largest absolute Gasteiger partial charge is 0.392 e. The summed E-state index contributed by atoms with van der Waals surface area (Å²) in [5, 5.41) is 17.3. The van der Waals surface area contributed by atoms with Crippen molar-refractivity contribution in [1.82, 2.24) is 0 Å². The van der Waals surface area contributed by atoms with Crippen LogP contribution in [0, 0.1) is 53.3 Å². The summed E-state index contributed by atoms with van der Waals surface area (Å²) < 4.78 is 10.7. The lowest BCUT2D eigenvalue weighted by molar-refractivity contribution is 0.0427. The van der Waals surface area contributed by atoms with Crippen molar-refractivity contribution < 1.29 is 14.6 Å². The van der Waals surface area contributed by atoms with Crippen LogP contribution in [0.4, 0.5) is 0 Å². The zero-order valence-corrected chi connectivity index (χ0v) is 23.1. The minimum Gasteiger partial charge on any atom is -0.392 e. The van der Waals surface area contributed by atoms with Gasteiger partial charge in [-0.05, 0) is 90.5 Å². The Kier molecular flexibility index (Phi) is 7.13. The van der Waals surface area contributed by atoms with Crippen LogP contribution in [0.25, 0.3) is 20.9 Å². The normalized spacial score (nSPS) is 56.3. The molecule has 0 aliphatic heterocycles. The molecule has 6 fully saturated rings. The van der Waals surface area contributed by atoms with Gasteiger partial charge in [-0.15, -0.1) is 0 Å². The first-order valence-corrected chi connectivity index (χ1v) is 13.5. The Labute approximate surface area is 214 Å². The third-order valence-corrected chi connectivity index (χ3v) is 11.3. The average Bonchev–Trinajstić information content (AvgIpc) is 3.70. The van der Waals surface area contributed by atoms with Crippen molar-refractivity contribution in [3.05, 3.63) is 20.9 Å². The molecule has 202 valence electrons. The van der Waals surface area contributed by atoms with Crippen molar-refractivity contribution in [2.24, 2.45) is 69.2 Å². The second-order valence-corrected chi connectivity index (χ2v) is 13.0. The lowest BCUT2D eigenvalue weighted by Gasteiger charge is -2.29. The van der Waals surface area contributed by atoms with E-state index in [0.29, 0.717) is 35.7 Å². The van der Waals surface area contributed by atoms with Crippen molar-refractivity contribution in [3.8, 4) is 0 Å². The SMILES string of the molecule is COC1CC2C([C@H]2C)C1(C)N.COC1CC2C([C@H]2C)C1(C)N=[N+]=[N-].C[C@H]1C2CC(O)C(C)(N=[N+]=[N-])C21. The summed E-state index contributed by atoms with van der Waals surface area (Å²) in [6.07, 6.45) is 3.03. The zero-order chi connectivity index (χ0) is 26.8. The number of hydrogen-bond donors (Lipinski definition) is 2. The molecule has 3 N–H and O–H groups in total. The molecule has 6 aliphatic carbocycles. The Morgan fingerprint density at radius 2 is 1.17 bits per heavy atom. The topological polar surface area (TPSA) is 162 Å². The summed E-state index contributed by atoms with van der Waals surface area (Å²) in [6, 6.07) is 0. The Bertz CT molecular complexity index is 942. The highest BCUT2D eigenvalue weighted by Gasteiger charge is 2.66. The van der Waals surface area contributed by atoms with Crippen LogP contribution < -0.4 is 5.73 Å². The summed E-state index contributed by atoms with van der Waals surface area (Å²) in [7, 11) is 3.47. The standard InChI is InChI=1S/C9H15N3O.C9H17NO.C8H13N3O/c1-5-6-4-7(13-3)9(2,8(5)6)11-12-10;1-5-6-4-7(11-3)9(2,10)8(5)6;1-4-5-3-6(12)8(2,7(4)5)10-11-9/h5-8H,4H2,1-3H3;5-8H,4,10H2,1-3H3;4-7,12H,3H2,1-2H3/t2*5-,6?,7?,8?,9?;4-,5?,6?,7?,8?/m000/s1. The van der Waals surface area contributed by atoms with Gasteiger partial charge in [-0.25, -0.2) is 0 Å². The Hall–Kier alpha value is -1.54. The number of fused-ring (bicyclic) bond motifs is 3. The number of methoxy groups -OCH3 is 2. The molecule has 0 heterocycles. The number of nitrogens with two attached hydrogens (primary N) is 1. The molecule has 0 amide bonds. The van der Waals surface area contributed by atoms with Gasteiger partial charge in [0.25, 0.3) is 0 Å². The van der Waals surface area contributed by atoms with E-state index < -0.39 is 11.6 Å². The molecule has 15 atom stereocenters. The predicted octanol–water partition coefficient (Wildman–Crippen LogP) is 5.06. The zero-order valence-electron chi connectivity index (χ0n) is 23.1. The van der Waals surface area contributed by atoms with Crippen LogP contribution in [-0.4, -0.2) is 54.3 Å². The minimum absolute atomic E-state index is 0.0567. The number of hydrogen-bond acceptors (Lipinski definition) is 6. The summed E-state index contributed by atoms with van der Waals surface area (Å²) in [4.78, 5) is 5.76. The van der Waals surface area contributed by atoms with Crippen molar-refractivity contribution in [2.75, 3.05) is 14.2 Å². The van der Waals surface area contributed by atoms with E-state index in [2.05, 4.69) is 47.7 Å². The molecule has 0 spiro atoms. The van der Waals surface area contributed by atoms with Gasteiger partial charge in [0.2, 0.25) is 0 Å². The molecule has 10 nitrogen and oxygen atoms in total. The smallest absolute Gasteiger partial charge is 0.0754 e. The van der Waals surface area contributed by atoms with Crippen molar-refractivity contribution in [3.63, 3.8) is 0 Å². The van der Waals surface area contributed by atoms with E-state index in [1.807, 2.05) is 13.8 Å². The van der Waals surface area contributed by atoms with Crippen molar-refractivity contribution in [2.45, 2.75) is 95.7 Å². The van der Waals surface area contributed by atoms with Crippen LogP contribution in [0.1, 0.15) is 60.8 Å². The molecule has 0 aromatic rings. The van der Waals surface area contributed by atoms with Gasteiger partial charge in [-0.3, -0.25) is 0 Å². The van der Waals surface area contributed by atoms with Gasteiger partial charge in [0, 0.05) is 29.6 Å². The van der Waals surface area contributed by atoms with Crippen LogP contribution >= 0.6 is 0 Å². The van der Waals surface area contributed by atoms with Crippen molar-refractivity contribution in [1.29, 1.82) is 0 Å². The van der Waals surface area contributed by atoms with Gasteiger partial charge in [-0.2, -0.15) is 0 Å². The van der Waals surface area contributed by atoms with Crippen molar-refractivity contribution >= 4 is 0 Å². The van der Waals surface area contributed by atoms with E-state index in [1.54, 1.807) is 14.2 Å². The first-order chi connectivity index (χ1) is 16.8.